The molecule has 9 heteroatoms. The average molecular weight is 378 g/mol. The van der Waals surface area contributed by atoms with E-state index < -0.39 is 0 Å². The maximum absolute atomic E-state index is 12.6. The number of fused-ring (bicyclic) bond motifs is 1. The van der Waals surface area contributed by atoms with Gasteiger partial charge in [0, 0.05) is 24.0 Å². The molecule has 0 saturated carbocycles. The number of aryl methyl sites for hydroxylation is 1. The molecule has 0 spiro atoms. The molecular weight excluding hydrogens is 360 g/mol. The molecule has 0 bridgehead atoms. The Morgan fingerprint density at radius 1 is 1.25 bits per heavy atom. The first-order valence-electron chi connectivity index (χ1n) is 8.79. The van der Waals surface area contributed by atoms with Gasteiger partial charge in [-0.1, -0.05) is 11.2 Å². The molecule has 0 atom stereocenters. The maximum Gasteiger partial charge on any atom is 0.270 e. The number of aromatic nitrogens is 5. The van der Waals surface area contributed by atoms with E-state index in [4.69, 9.17) is 9.26 Å². The fraction of sp³-hybridized carbons (Fsp3) is 0.211. The third-order valence-electron chi connectivity index (χ3n) is 4.07. The molecule has 0 aliphatic rings. The molecule has 1 amide bonds. The lowest BCUT2D eigenvalue weighted by atomic mass is 10.3. The Bertz CT molecular complexity index is 1120. The highest BCUT2D eigenvalue weighted by Gasteiger charge is 2.17. The van der Waals surface area contributed by atoms with Crippen molar-refractivity contribution < 1.29 is 14.1 Å². The van der Waals surface area contributed by atoms with Crippen molar-refractivity contribution in [1.29, 1.82) is 0 Å². The summed E-state index contributed by atoms with van der Waals surface area (Å²) in [7, 11) is 0. The van der Waals surface area contributed by atoms with Gasteiger partial charge in [-0.05, 0) is 32.0 Å². The van der Waals surface area contributed by atoms with E-state index in [0.717, 1.165) is 0 Å². The van der Waals surface area contributed by atoms with Gasteiger partial charge >= 0.3 is 0 Å². The van der Waals surface area contributed by atoms with Gasteiger partial charge in [0.1, 0.15) is 11.3 Å². The number of nitrogens with zero attached hydrogens (tertiary/aromatic N) is 5. The molecule has 0 fully saturated rings. The van der Waals surface area contributed by atoms with Crippen LogP contribution in [0.15, 0.2) is 47.2 Å². The Kier molecular flexibility index (Phi) is 4.71. The monoisotopic (exact) mass is 378 g/mol. The van der Waals surface area contributed by atoms with Crippen molar-refractivity contribution in [1.82, 2.24) is 29.8 Å². The Labute approximate surface area is 160 Å². The standard InChI is InChI=1S/C19H18N6O3/c1-3-27-15-8-7-13(10-20-15)18-23-16(28-24-18)11-21-19(26)17-12(2)22-14-6-4-5-9-25(14)17/h4-10H,3,11H2,1-2H3,(H,21,26). The molecule has 0 aromatic carbocycles. The summed E-state index contributed by atoms with van der Waals surface area (Å²) < 4.78 is 12.3. The van der Waals surface area contributed by atoms with Gasteiger partial charge < -0.3 is 14.6 Å². The highest BCUT2D eigenvalue weighted by molar-refractivity contribution is 5.94. The summed E-state index contributed by atoms with van der Waals surface area (Å²) >= 11 is 0. The van der Waals surface area contributed by atoms with Crippen LogP contribution in [0.5, 0.6) is 5.88 Å². The number of nitrogens with one attached hydrogen (secondary N) is 1. The van der Waals surface area contributed by atoms with E-state index in [1.807, 2.05) is 25.1 Å². The fourth-order valence-corrected chi connectivity index (χ4v) is 2.82. The van der Waals surface area contributed by atoms with Crippen molar-refractivity contribution in [2.24, 2.45) is 0 Å². The first-order chi connectivity index (χ1) is 13.7. The van der Waals surface area contributed by atoms with Crippen LogP contribution in [-0.4, -0.2) is 37.0 Å². The SMILES string of the molecule is CCOc1ccc(-c2noc(CNC(=O)c3c(C)nc4ccccn34)n2)cn1. The van der Waals surface area contributed by atoms with Gasteiger partial charge in [0.15, 0.2) is 0 Å². The second kappa shape index (κ2) is 7.47. The normalized spacial score (nSPS) is 10.9. The van der Waals surface area contributed by atoms with Crippen LogP contribution in [0.1, 0.15) is 29.0 Å². The van der Waals surface area contributed by atoms with E-state index in [2.05, 4.69) is 25.4 Å². The molecular formula is C19H18N6O3. The summed E-state index contributed by atoms with van der Waals surface area (Å²) in [6, 6.07) is 9.11. The molecule has 9 nitrogen and oxygen atoms in total. The van der Waals surface area contributed by atoms with E-state index in [1.54, 1.807) is 35.9 Å². The minimum absolute atomic E-state index is 0.107. The molecule has 142 valence electrons. The predicted molar refractivity (Wildman–Crippen MR) is 99.8 cm³/mol. The summed E-state index contributed by atoms with van der Waals surface area (Å²) in [4.78, 5) is 25.5. The van der Waals surface area contributed by atoms with Crippen LogP contribution in [0.4, 0.5) is 0 Å². The fourth-order valence-electron chi connectivity index (χ4n) is 2.82. The Balaban J connectivity index is 1.45. The summed E-state index contributed by atoms with van der Waals surface area (Å²) in [5.74, 6) is 0.957. The van der Waals surface area contributed by atoms with E-state index in [1.165, 1.54) is 0 Å². The molecule has 0 unspecified atom stereocenters. The number of hydrogen-bond acceptors (Lipinski definition) is 7. The van der Waals surface area contributed by atoms with Gasteiger partial charge in [-0.2, -0.15) is 4.98 Å². The van der Waals surface area contributed by atoms with Crippen molar-refractivity contribution in [3.8, 4) is 17.3 Å². The minimum atomic E-state index is -0.265. The zero-order valence-corrected chi connectivity index (χ0v) is 15.4. The molecule has 0 radical (unpaired) electrons. The van der Waals surface area contributed by atoms with Crippen LogP contribution >= 0.6 is 0 Å². The highest BCUT2D eigenvalue weighted by atomic mass is 16.5. The number of pyridine rings is 2. The summed E-state index contributed by atoms with van der Waals surface area (Å²) in [6.45, 7) is 4.34. The van der Waals surface area contributed by atoms with Crippen molar-refractivity contribution in [3.05, 3.63) is 60.0 Å². The third-order valence-corrected chi connectivity index (χ3v) is 4.07. The van der Waals surface area contributed by atoms with Crippen LogP contribution in [0, 0.1) is 6.92 Å². The predicted octanol–water partition coefficient (Wildman–Crippen LogP) is 2.42. The van der Waals surface area contributed by atoms with Crippen LogP contribution < -0.4 is 10.1 Å². The zero-order chi connectivity index (χ0) is 19.5. The lowest BCUT2D eigenvalue weighted by molar-refractivity contribution is 0.0939. The Hall–Kier alpha value is -3.75. The summed E-state index contributed by atoms with van der Waals surface area (Å²) in [5.41, 5.74) is 2.54. The quantitative estimate of drug-likeness (QED) is 0.549. The Morgan fingerprint density at radius 3 is 2.93 bits per heavy atom. The molecule has 0 aliphatic carbocycles. The zero-order valence-electron chi connectivity index (χ0n) is 15.4. The van der Waals surface area contributed by atoms with Gasteiger partial charge in [-0.3, -0.25) is 9.20 Å². The molecule has 4 aromatic heterocycles. The summed E-state index contributed by atoms with van der Waals surface area (Å²) in [5, 5.41) is 6.73. The molecule has 0 aliphatic heterocycles. The minimum Gasteiger partial charge on any atom is -0.478 e. The second-order valence-electron chi connectivity index (χ2n) is 5.99. The van der Waals surface area contributed by atoms with Gasteiger partial charge in [0.25, 0.3) is 5.91 Å². The molecule has 4 heterocycles. The molecule has 28 heavy (non-hydrogen) atoms. The van der Waals surface area contributed by atoms with E-state index in [9.17, 15) is 4.79 Å². The third kappa shape index (κ3) is 3.41. The number of rotatable bonds is 6. The van der Waals surface area contributed by atoms with Gasteiger partial charge in [0.05, 0.1) is 18.8 Å². The molecule has 4 rings (SSSR count). The number of carbonyl (C=O) groups is 1. The average Bonchev–Trinajstić information content (AvgIpc) is 3.30. The number of hydrogen-bond donors (Lipinski definition) is 1. The summed E-state index contributed by atoms with van der Waals surface area (Å²) in [6.07, 6.45) is 3.41. The number of imidazole rings is 1. The topological polar surface area (TPSA) is 107 Å². The molecule has 0 saturated heterocycles. The molecule has 4 aromatic rings. The van der Waals surface area contributed by atoms with Crippen molar-refractivity contribution >= 4 is 11.6 Å². The van der Waals surface area contributed by atoms with Gasteiger partial charge in [0.2, 0.25) is 17.6 Å². The lowest BCUT2D eigenvalue weighted by Gasteiger charge is -2.03. The smallest absolute Gasteiger partial charge is 0.270 e. The largest absolute Gasteiger partial charge is 0.478 e. The van der Waals surface area contributed by atoms with Crippen LogP contribution in [0.25, 0.3) is 17.0 Å². The molecule has 1 N–H and O–H groups in total. The van der Waals surface area contributed by atoms with Crippen molar-refractivity contribution in [2.75, 3.05) is 6.61 Å². The second-order valence-corrected chi connectivity index (χ2v) is 5.99. The van der Waals surface area contributed by atoms with Gasteiger partial charge in [-0.15, -0.1) is 0 Å². The van der Waals surface area contributed by atoms with E-state index in [-0.39, 0.29) is 12.5 Å². The highest BCUT2D eigenvalue weighted by Crippen LogP contribution is 2.17. The Morgan fingerprint density at radius 2 is 2.14 bits per heavy atom. The van der Waals surface area contributed by atoms with Crippen molar-refractivity contribution in [3.63, 3.8) is 0 Å². The first-order valence-corrected chi connectivity index (χ1v) is 8.79. The lowest BCUT2D eigenvalue weighted by Crippen LogP contribution is -2.25. The number of amides is 1. The number of ether oxygens (including phenoxy) is 1. The van der Waals surface area contributed by atoms with Crippen LogP contribution in [0.3, 0.4) is 0 Å². The number of carbonyl (C=O) groups excluding carboxylic acids is 1. The van der Waals surface area contributed by atoms with Crippen LogP contribution in [0.2, 0.25) is 0 Å². The van der Waals surface area contributed by atoms with Gasteiger partial charge in [-0.25, -0.2) is 9.97 Å². The van der Waals surface area contributed by atoms with E-state index in [0.29, 0.717) is 46.8 Å². The maximum atomic E-state index is 12.6. The van der Waals surface area contributed by atoms with E-state index >= 15 is 0 Å². The van der Waals surface area contributed by atoms with Crippen molar-refractivity contribution in [2.45, 2.75) is 20.4 Å². The van der Waals surface area contributed by atoms with Crippen LogP contribution in [-0.2, 0) is 6.54 Å². The first kappa shape index (κ1) is 17.7.